The van der Waals surface area contributed by atoms with Crippen LogP contribution < -0.4 is 9.47 Å². The van der Waals surface area contributed by atoms with Crippen LogP contribution in [0.2, 0.25) is 0 Å². The molecule has 2 aliphatic rings. The van der Waals surface area contributed by atoms with E-state index in [0.717, 1.165) is 37.6 Å². The van der Waals surface area contributed by atoms with Gasteiger partial charge in [-0.3, -0.25) is 4.90 Å². The van der Waals surface area contributed by atoms with E-state index in [9.17, 15) is 0 Å². The minimum absolute atomic E-state index is 0.474. The van der Waals surface area contributed by atoms with E-state index in [2.05, 4.69) is 35.2 Å². The summed E-state index contributed by atoms with van der Waals surface area (Å²) >= 11 is 0. The molecule has 2 aromatic rings. The Kier molecular flexibility index (Phi) is 2.67. The summed E-state index contributed by atoms with van der Waals surface area (Å²) in [6.45, 7) is 2.77. The van der Waals surface area contributed by atoms with E-state index in [1.807, 2.05) is 24.3 Å². The zero-order valence-electron chi connectivity index (χ0n) is 11.3. The molecule has 0 radical (unpaired) electrons. The predicted molar refractivity (Wildman–Crippen MR) is 76.8 cm³/mol. The maximum atomic E-state index is 6.06. The van der Waals surface area contributed by atoms with Crippen LogP contribution in [-0.2, 0) is 6.54 Å². The number of rotatable bonds is 2. The van der Waals surface area contributed by atoms with Gasteiger partial charge in [0.2, 0.25) is 0 Å². The van der Waals surface area contributed by atoms with Gasteiger partial charge in [0.15, 0.2) is 11.5 Å². The highest BCUT2D eigenvalue weighted by Gasteiger charge is 2.47. The molecule has 3 nitrogen and oxygen atoms in total. The molecule has 1 fully saturated rings. The Hall–Kier alpha value is -2.00. The molecule has 1 saturated heterocycles. The summed E-state index contributed by atoms with van der Waals surface area (Å²) in [6.07, 6.45) is 0.911. The summed E-state index contributed by atoms with van der Waals surface area (Å²) in [5, 5.41) is 0. The SMILES string of the molecule is c1ccc(CN2CCC3(C2)Oc2ccccc2O3)cc1. The third kappa shape index (κ3) is 2.04. The van der Waals surface area contributed by atoms with Crippen molar-refractivity contribution in [3.05, 3.63) is 60.2 Å². The number of likely N-dealkylation sites (tertiary alicyclic amines) is 1. The maximum absolute atomic E-state index is 6.06. The molecular weight excluding hydrogens is 250 g/mol. The molecule has 0 saturated carbocycles. The molecule has 0 unspecified atom stereocenters. The monoisotopic (exact) mass is 267 g/mol. The van der Waals surface area contributed by atoms with Crippen molar-refractivity contribution in [3.8, 4) is 11.5 Å². The highest BCUT2D eigenvalue weighted by atomic mass is 16.7. The zero-order chi connectivity index (χ0) is 13.4. The average molecular weight is 267 g/mol. The normalized spacial score (nSPS) is 19.6. The van der Waals surface area contributed by atoms with Gasteiger partial charge in [-0.1, -0.05) is 42.5 Å². The molecule has 102 valence electrons. The molecule has 2 aliphatic heterocycles. The van der Waals surface area contributed by atoms with Gasteiger partial charge in [0.05, 0.1) is 6.54 Å². The van der Waals surface area contributed by atoms with E-state index in [-0.39, 0.29) is 0 Å². The summed E-state index contributed by atoms with van der Waals surface area (Å²) in [6, 6.07) is 18.5. The van der Waals surface area contributed by atoms with Crippen LogP contribution in [0.25, 0.3) is 0 Å². The topological polar surface area (TPSA) is 21.7 Å². The second-order valence-electron chi connectivity index (χ2n) is 5.51. The van der Waals surface area contributed by atoms with Crippen LogP contribution >= 0.6 is 0 Å². The van der Waals surface area contributed by atoms with Gasteiger partial charge < -0.3 is 9.47 Å². The lowest BCUT2D eigenvalue weighted by Gasteiger charge is -2.23. The van der Waals surface area contributed by atoms with Gasteiger partial charge in [-0.15, -0.1) is 0 Å². The smallest absolute Gasteiger partial charge is 0.265 e. The predicted octanol–water partition coefficient (Wildman–Crippen LogP) is 3.06. The van der Waals surface area contributed by atoms with Gasteiger partial charge in [0.1, 0.15) is 0 Å². The van der Waals surface area contributed by atoms with E-state index in [0.29, 0.717) is 0 Å². The number of benzene rings is 2. The first-order valence-corrected chi connectivity index (χ1v) is 7.06. The van der Waals surface area contributed by atoms with Crippen molar-refractivity contribution in [2.45, 2.75) is 18.8 Å². The van der Waals surface area contributed by atoms with Crippen LogP contribution in [0.15, 0.2) is 54.6 Å². The van der Waals surface area contributed by atoms with Crippen molar-refractivity contribution in [1.82, 2.24) is 4.90 Å². The van der Waals surface area contributed by atoms with Gasteiger partial charge >= 0.3 is 0 Å². The molecule has 3 heteroatoms. The summed E-state index contributed by atoms with van der Waals surface area (Å²) in [7, 11) is 0. The molecule has 1 spiro atoms. The van der Waals surface area contributed by atoms with Gasteiger partial charge in [-0.2, -0.15) is 0 Å². The molecule has 20 heavy (non-hydrogen) atoms. The Morgan fingerprint density at radius 1 is 0.900 bits per heavy atom. The fourth-order valence-corrected chi connectivity index (χ4v) is 3.01. The summed E-state index contributed by atoms with van der Waals surface area (Å²) < 4.78 is 12.1. The van der Waals surface area contributed by atoms with Gasteiger partial charge in [0.25, 0.3) is 5.79 Å². The zero-order valence-corrected chi connectivity index (χ0v) is 11.3. The third-order valence-electron chi connectivity index (χ3n) is 3.96. The second kappa shape index (κ2) is 4.53. The Morgan fingerprint density at radius 2 is 1.55 bits per heavy atom. The highest BCUT2D eigenvalue weighted by molar-refractivity contribution is 5.43. The first-order chi connectivity index (χ1) is 9.83. The molecular formula is C17H17NO2. The van der Waals surface area contributed by atoms with Crippen LogP contribution in [0.4, 0.5) is 0 Å². The molecule has 0 N–H and O–H groups in total. The quantitative estimate of drug-likeness (QED) is 0.834. The third-order valence-corrected chi connectivity index (χ3v) is 3.96. The lowest BCUT2D eigenvalue weighted by Crippen LogP contribution is -2.41. The van der Waals surface area contributed by atoms with E-state index < -0.39 is 5.79 Å². The largest absolute Gasteiger partial charge is 0.447 e. The van der Waals surface area contributed by atoms with Gasteiger partial charge in [0, 0.05) is 19.5 Å². The van der Waals surface area contributed by atoms with Crippen molar-refractivity contribution >= 4 is 0 Å². The molecule has 2 aromatic carbocycles. The molecule has 0 amide bonds. The minimum atomic E-state index is -0.474. The first-order valence-electron chi connectivity index (χ1n) is 7.06. The minimum Gasteiger partial charge on any atom is -0.447 e. The molecule has 0 atom stereocenters. The Bertz CT molecular complexity index is 586. The van der Waals surface area contributed by atoms with Gasteiger partial charge in [-0.05, 0) is 17.7 Å². The van der Waals surface area contributed by atoms with Gasteiger partial charge in [-0.25, -0.2) is 0 Å². The Morgan fingerprint density at radius 3 is 2.25 bits per heavy atom. The average Bonchev–Trinajstić information content (AvgIpc) is 3.03. The fourth-order valence-electron chi connectivity index (χ4n) is 3.01. The van der Waals surface area contributed by atoms with Crippen LogP contribution in [0.1, 0.15) is 12.0 Å². The number of ether oxygens (including phenoxy) is 2. The number of hydrogen-bond acceptors (Lipinski definition) is 3. The highest BCUT2D eigenvalue weighted by Crippen LogP contribution is 2.42. The van der Waals surface area contributed by atoms with Crippen molar-refractivity contribution in [1.29, 1.82) is 0 Å². The van der Waals surface area contributed by atoms with Crippen LogP contribution in [-0.4, -0.2) is 23.8 Å². The second-order valence-corrected chi connectivity index (χ2v) is 5.51. The van der Waals surface area contributed by atoms with Crippen molar-refractivity contribution in [2.24, 2.45) is 0 Å². The van der Waals surface area contributed by atoms with Crippen molar-refractivity contribution < 1.29 is 9.47 Å². The van der Waals surface area contributed by atoms with Crippen LogP contribution in [0.3, 0.4) is 0 Å². The fraction of sp³-hybridized carbons (Fsp3) is 0.294. The van der Waals surface area contributed by atoms with E-state index >= 15 is 0 Å². The Balaban J connectivity index is 1.47. The molecule has 0 aromatic heterocycles. The molecule has 0 aliphatic carbocycles. The summed E-state index contributed by atoms with van der Waals surface area (Å²) in [4.78, 5) is 2.39. The molecule has 2 heterocycles. The van der Waals surface area contributed by atoms with Crippen LogP contribution in [0, 0.1) is 0 Å². The van der Waals surface area contributed by atoms with Crippen molar-refractivity contribution in [3.63, 3.8) is 0 Å². The number of hydrogen-bond donors (Lipinski definition) is 0. The van der Waals surface area contributed by atoms with Crippen LogP contribution in [0.5, 0.6) is 11.5 Å². The number of para-hydroxylation sites is 2. The van der Waals surface area contributed by atoms with Crippen molar-refractivity contribution in [2.75, 3.05) is 13.1 Å². The first kappa shape index (κ1) is 11.8. The van der Waals surface area contributed by atoms with E-state index in [4.69, 9.17) is 9.47 Å². The summed E-state index contributed by atoms with van der Waals surface area (Å²) in [5.74, 6) is 1.27. The summed E-state index contributed by atoms with van der Waals surface area (Å²) in [5.41, 5.74) is 1.33. The van der Waals surface area contributed by atoms with E-state index in [1.54, 1.807) is 0 Å². The Labute approximate surface area is 118 Å². The lowest BCUT2D eigenvalue weighted by molar-refractivity contribution is -0.0678. The standard InChI is InChI=1S/C17H17NO2/c1-2-6-14(7-3-1)12-18-11-10-17(13-18)19-15-8-4-5-9-16(15)20-17/h1-9H,10-13H2. The van der Waals surface area contributed by atoms with E-state index in [1.165, 1.54) is 5.56 Å². The number of nitrogens with zero attached hydrogens (tertiary/aromatic N) is 1. The maximum Gasteiger partial charge on any atom is 0.265 e. The molecule has 4 rings (SSSR count). The molecule has 0 bridgehead atoms. The lowest BCUT2D eigenvalue weighted by atomic mass is 10.2. The number of fused-ring (bicyclic) bond motifs is 1.